The lowest BCUT2D eigenvalue weighted by molar-refractivity contribution is -0.123. The van der Waals surface area contributed by atoms with Crippen molar-refractivity contribution in [2.45, 2.75) is 24.8 Å². The van der Waals surface area contributed by atoms with E-state index in [1.807, 2.05) is 36.4 Å². The van der Waals surface area contributed by atoms with Gasteiger partial charge in [0.1, 0.15) is 0 Å². The van der Waals surface area contributed by atoms with Crippen molar-refractivity contribution < 1.29 is 9.59 Å². The highest BCUT2D eigenvalue weighted by Gasteiger charge is 2.50. The highest BCUT2D eigenvalue weighted by atomic mass is 79.9. The van der Waals surface area contributed by atoms with Crippen LogP contribution in [-0.4, -0.2) is 18.9 Å². The van der Waals surface area contributed by atoms with Gasteiger partial charge in [-0.1, -0.05) is 40.2 Å². The fraction of sp³-hybridized carbons (Fsp3) is 0.263. The monoisotopic (exact) mass is 386 g/mol. The molecular weight excluding hydrogens is 368 g/mol. The molecule has 0 heterocycles. The summed E-state index contributed by atoms with van der Waals surface area (Å²) in [6.45, 7) is 0.419. The third kappa shape index (κ3) is 3.36. The molecule has 1 fully saturated rings. The number of carbonyl (C=O) groups is 2. The van der Waals surface area contributed by atoms with Gasteiger partial charge in [-0.2, -0.15) is 0 Å². The summed E-state index contributed by atoms with van der Waals surface area (Å²) in [5.74, 6) is -0.0770. The van der Waals surface area contributed by atoms with E-state index in [1.165, 1.54) is 0 Å². The van der Waals surface area contributed by atoms with Crippen LogP contribution < -0.4 is 10.6 Å². The zero-order chi connectivity index (χ0) is 17.2. The molecule has 0 saturated heterocycles. The van der Waals surface area contributed by atoms with E-state index < -0.39 is 0 Å². The number of hydrogen-bond acceptors (Lipinski definition) is 2. The van der Waals surface area contributed by atoms with Gasteiger partial charge in [-0.25, -0.2) is 0 Å². The van der Waals surface area contributed by atoms with E-state index in [4.69, 9.17) is 0 Å². The second-order valence-corrected chi connectivity index (χ2v) is 6.97. The Hall–Kier alpha value is -2.14. The van der Waals surface area contributed by atoms with Gasteiger partial charge in [-0.3, -0.25) is 9.59 Å². The SMILES string of the molecule is CNC(=O)c1cccc(CNC(=O)C2(c3ccc(Br)cc3)CC2)c1. The van der Waals surface area contributed by atoms with Gasteiger partial charge in [0.2, 0.25) is 5.91 Å². The minimum Gasteiger partial charge on any atom is -0.355 e. The van der Waals surface area contributed by atoms with E-state index in [0.29, 0.717) is 12.1 Å². The van der Waals surface area contributed by atoms with Crippen LogP contribution in [0.2, 0.25) is 0 Å². The van der Waals surface area contributed by atoms with Gasteiger partial charge in [0.05, 0.1) is 5.41 Å². The molecule has 0 unspecified atom stereocenters. The number of halogens is 1. The number of nitrogens with one attached hydrogen (secondary N) is 2. The summed E-state index contributed by atoms with van der Waals surface area (Å²) >= 11 is 3.42. The van der Waals surface area contributed by atoms with E-state index in [2.05, 4.69) is 26.6 Å². The Balaban J connectivity index is 1.68. The Bertz CT molecular complexity index is 767. The molecular formula is C19H19BrN2O2. The quantitative estimate of drug-likeness (QED) is 0.828. The molecule has 1 aliphatic rings. The molecule has 2 aromatic carbocycles. The van der Waals surface area contributed by atoms with Crippen molar-refractivity contribution in [3.05, 3.63) is 69.7 Å². The first-order valence-electron chi connectivity index (χ1n) is 7.90. The van der Waals surface area contributed by atoms with E-state index >= 15 is 0 Å². The first-order chi connectivity index (χ1) is 11.5. The normalized spacial score (nSPS) is 14.8. The third-order valence-electron chi connectivity index (χ3n) is 4.45. The lowest BCUT2D eigenvalue weighted by Crippen LogP contribution is -2.34. The smallest absolute Gasteiger partial charge is 0.251 e. The summed E-state index contributed by atoms with van der Waals surface area (Å²) in [5.41, 5.74) is 2.18. The molecule has 3 rings (SSSR count). The zero-order valence-corrected chi connectivity index (χ0v) is 15.0. The van der Waals surface area contributed by atoms with E-state index in [0.717, 1.165) is 28.4 Å². The number of amides is 2. The predicted octanol–water partition coefficient (Wildman–Crippen LogP) is 3.16. The van der Waals surface area contributed by atoms with E-state index in [1.54, 1.807) is 19.2 Å². The van der Waals surface area contributed by atoms with Gasteiger partial charge < -0.3 is 10.6 Å². The van der Waals surface area contributed by atoms with Gasteiger partial charge in [0.15, 0.2) is 0 Å². The summed E-state index contributed by atoms with van der Waals surface area (Å²) in [6.07, 6.45) is 1.75. The molecule has 0 bridgehead atoms. The van der Waals surface area contributed by atoms with Gasteiger partial charge in [-0.05, 0) is 48.2 Å². The van der Waals surface area contributed by atoms with Crippen LogP contribution >= 0.6 is 15.9 Å². The summed E-state index contributed by atoms with van der Waals surface area (Å²) < 4.78 is 1.01. The Labute approximate surface area is 149 Å². The first-order valence-corrected chi connectivity index (χ1v) is 8.70. The molecule has 1 aliphatic carbocycles. The van der Waals surface area contributed by atoms with Crippen molar-refractivity contribution >= 4 is 27.7 Å². The molecule has 0 spiro atoms. The Morgan fingerprint density at radius 1 is 1.12 bits per heavy atom. The predicted molar refractivity (Wildman–Crippen MR) is 96.7 cm³/mol. The maximum absolute atomic E-state index is 12.7. The topological polar surface area (TPSA) is 58.2 Å². The molecule has 2 N–H and O–H groups in total. The van der Waals surface area contributed by atoms with Gasteiger partial charge in [0, 0.05) is 23.6 Å². The van der Waals surface area contributed by atoms with Crippen LogP contribution in [0.5, 0.6) is 0 Å². The third-order valence-corrected chi connectivity index (χ3v) is 4.98. The molecule has 1 saturated carbocycles. The molecule has 0 aromatic heterocycles. The van der Waals surface area contributed by atoms with Crippen LogP contribution in [-0.2, 0) is 16.8 Å². The van der Waals surface area contributed by atoms with E-state index in [9.17, 15) is 9.59 Å². The number of rotatable bonds is 5. The van der Waals surface area contributed by atoms with Crippen LogP contribution in [0.25, 0.3) is 0 Å². The number of carbonyl (C=O) groups excluding carboxylic acids is 2. The summed E-state index contributed by atoms with van der Waals surface area (Å²) in [4.78, 5) is 24.3. The van der Waals surface area contributed by atoms with Crippen molar-refractivity contribution in [2.75, 3.05) is 7.05 Å². The molecule has 124 valence electrons. The maximum Gasteiger partial charge on any atom is 0.251 e. The highest BCUT2D eigenvalue weighted by Crippen LogP contribution is 2.48. The maximum atomic E-state index is 12.7. The first kappa shape index (κ1) is 16.7. The van der Waals surface area contributed by atoms with Crippen molar-refractivity contribution in [3.8, 4) is 0 Å². The Morgan fingerprint density at radius 3 is 2.46 bits per heavy atom. The average Bonchev–Trinajstić information content (AvgIpc) is 3.41. The van der Waals surface area contributed by atoms with Crippen LogP contribution in [0.15, 0.2) is 53.0 Å². The second-order valence-electron chi connectivity index (χ2n) is 6.05. The Morgan fingerprint density at radius 2 is 1.83 bits per heavy atom. The van der Waals surface area contributed by atoms with Crippen molar-refractivity contribution in [3.63, 3.8) is 0 Å². The van der Waals surface area contributed by atoms with Crippen LogP contribution in [0.4, 0.5) is 0 Å². The van der Waals surface area contributed by atoms with Gasteiger partial charge in [0.25, 0.3) is 5.91 Å². The number of hydrogen-bond donors (Lipinski definition) is 2. The fourth-order valence-electron chi connectivity index (χ4n) is 2.86. The van der Waals surface area contributed by atoms with Gasteiger partial charge >= 0.3 is 0 Å². The molecule has 2 amide bonds. The summed E-state index contributed by atoms with van der Waals surface area (Å²) in [5, 5.41) is 5.62. The lowest BCUT2D eigenvalue weighted by atomic mass is 9.95. The number of benzene rings is 2. The van der Waals surface area contributed by atoms with Gasteiger partial charge in [-0.15, -0.1) is 0 Å². The second kappa shape index (κ2) is 6.77. The lowest BCUT2D eigenvalue weighted by Gasteiger charge is -2.16. The Kier molecular flexibility index (Phi) is 4.71. The molecule has 5 heteroatoms. The van der Waals surface area contributed by atoms with Crippen LogP contribution in [0.3, 0.4) is 0 Å². The molecule has 0 aliphatic heterocycles. The molecule has 0 radical (unpaired) electrons. The van der Waals surface area contributed by atoms with Crippen LogP contribution in [0.1, 0.15) is 34.3 Å². The molecule has 24 heavy (non-hydrogen) atoms. The summed E-state index contributed by atoms with van der Waals surface area (Å²) in [7, 11) is 1.60. The molecule has 2 aromatic rings. The minimum atomic E-state index is -0.390. The minimum absolute atomic E-state index is 0.0511. The fourth-order valence-corrected chi connectivity index (χ4v) is 3.12. The average molecular weight is 387 g/mol. The van der Waals surface area contributed by atoms with Crippen molar-refractivity contribution in [2.24, 2.45) is 0 Å². The zero-order valence-electron chi connectivity index (χ0n) is 13.4. The standard InChI is InChI=1S/C19H19BrN2O2/c1-21-17(23)14-4-2-3-13(11-14)12-22-18(24)19(9-10-19)15-5-7-16(20)8-6-15/h2-8,11H,9-10,12H2,1H3,(H,21,23)(H,22,24). The van der Waals surface area contributed by atoms with Crippen molar-refractivity contribution in [1.29, 1.82) is 0 Å². The molecule has 0 atom stereocenters. The molecule has 4 nitrogen and oxygen atoms in total. The van der Waals surface area contributed by atoms with E-state index in [-0.39, 0.29) is 17.2 Å². The highest BCUT2D eigenvalue weighted by molar-refractivity contribution is 9.10. The van der Waals surface area contributed by atoms with Crippen molar-refractivity contribution in [1.82, 2.24) is 10.6 Å². The van der Waals surface area contributed by atoms with Crippen LogP contribution in [0, 0.1) is 0 Å². The summed E-state index contributed by atoms with van der Waals surface area (Å²) in [6, 6.07) is 15.2. The largest absolute Gasteiger partial charge is 0.355 e.